The molecular weight excluding hydrogens is 364 g/mol. The molecule has 0 bridgehead atoms. The largest absolute Gasteiger partial charge is 0.327 e. The Hall–Kier alpha value is -3.59. The highest BCUT2D eigenvalue weighted by atomic mass is 32.1. The Kier molecular flexibility index (Phi) is 4.13. The molecular formula is C18H14N6O2S. The second kappa shape index (κ2) is 6.61. The maximum Gasteiger partial charge on any atom is 0.309 e. The van der Waals surface area contributed by atoms with Crippen LogP contribution in [-0.4, -0.2) is 24.7 Å². The molecule has 0 atom stereocenters. The van der Waals surface area contributed by atoms with Crippen LogP contribution in [0.1, 0.15) is 0 Å². The maximum absolute atomic E-state index is 11.3. The third-order valence-electron chi connectivity index (χ3n) is 4.13. The van der Waals surface area contributed by atoms with Crippen LogP contribution in [0, 0.1) is 14.8 Å². The van der Waals surface area contributed by atoms with E-state index in [0.717, 1.165) is 21.9 Å². The molecule has 3 heterocycles. The lowest BCUT2D eigenvalue weighted by Crippen LogP contribution is -2.01. The molecule has 1 aromatic carbocycles. The number of aromatic nitrogens is 4. The summed E-state index contributed by atoms with van der Waals surface area (Å²) in [5.41, 5.74) is 1.87. The highest BCUT2D eigenvalue weighted by molar-refractivity contribution is 7.71. The summed E-state index contributed by atoms with van der Waals surface area (Å²) in [6, 6.07) is 10.6. The molecule has 3 aromatic heterocycles. The normalized spacial score (nSPS) is 10.9. The number of nitro groups is 1. The van der Waals surface area contributed by atoms with Crippen molar-refractivity contribution >= 4 is 40.3 Å². The van der Waals surface area contributed by atoms with Crippen LogP contribution < -0.4 is 5.32 Å². The van der Waals surface area contributed by atoms with Gasteiger partial charge in [0.05, 0.1) is 11.1 Å². The number of nitrogens with zero attached hydrogens (tertiary/aromatic N) is 4. The lowest BCUT2D eigenvalue weighted by molar-refractivity contribution is -0.384. The minimum atomic E-state index is -0.476. The van der Waals surface area contributed by atoms with Gasteiger partial charge in [-0.15, -0.1) is 0 Å². The van der Waals surface area contributed by atoms with E-state index in [4.69, 9.17) is 12.2 Å². The van der Waals surface area contributed by atoms with Gasteiger partial charge < -0.3 is 10.3 Å². The summed E-state index contributed by atoms with van der Waals surface area (Å²) >= 11 is 5.08. The van der Waals surface area contributed by atoms with E-state index in [2.05, 4.69) is 20.4 Å². The third-order valence-corrected chi connectivity index (χ3v) is 4.36. The summed E-state index contributed by atoms with van der Waals surface area (Å²) in [6.07, 6.45) is 5.45. The van der Waals surface area contributed by atoms with Crippen molar-refractivity contribution in [3.8, 4) is 11.1 Å². The van der Waals surface area contributed by atoms with E-state index in [1.165, 1.54) is 12.1 Å². The summed E-state index contributed by atoms with van der Waals surface area (Å²) in [5, 5.41) is 20.4. The number of pyridine rings is 2. The average Bonchev–Trinajstić information content (AvgIpc) is 3.07. The molecule has 0 aliphatic carbocycles. The van der Waals surface area contributed by atoms with E-state index in [1.54, 1.807) is 17.1 Å². The van der Waals surface area contributed by atoms with Crippen LogP contribution in [0.3, 0.4) is 0 Å². The fourth-order valence-electron chi connectivity index (χ4n) is 2.89. The van der Waals surface area contributed by atoms with Crippen LogP contribution in [0.5, 0.6) is 0 Å². The van der Waals surface area contributed by atoms with Gasteiger partial charge >= 0.3 is 5.69 Å². The van der Waals surface area contributed by atoms with Crippen LogP contribution in [0.15, 0.2) is 55.0 Å². The van der Waals surface area contributed by atoms with Crippen LogP contribution in [-0.2, 0) is 7.05 Å². The number of hydrogen-bond acceptors (Lipinski definition) is 6. The summed E-state index contributed by atoms with van der Waals surface area (Å²) in [7, 11) is 1.86. The van der Waals surface area contributed by atoms with Gasteiger partial charge in [0.15, 0.2) is 5.82 Å². The smallest absolute Gasteiger partial charge is 0.309 e. The number of anilines is 2. The first-order valence-electron chi connectivity index (χ1n) is 8.04. The Morgan fingerprint density at radius 1 is 1.26 bits per heavy atom. The van der Waals surface area contributed by atoms with Crippen molar-refractivity contribution in [1.82, 2.24) is 19.7 Å². The molecule has 134 valence electrons. The number of fused-ring (bicyclic) bond motifs is 1. The number of aromatic amines is 1. The summed E-state index contributed by atoms with van der Waals surface area (Å²) in [5.74, 6) is 0.664. The minimum absolute atomic E-state index is 0.106. The first kappa shape index (κ1) is 16.9. The van der Waals surface area contributed by atoms with Gasteiger partial charge in [-0.3, -0.25) is 14.8 Å². The molecule has 4 aromatic rings. The Morgan fingerprint density at radius 2 is 2.11 bits per heavy atom. The summed E-state index contributed by atoms with van der Waals surface area (Å²) < 4.78 is 2.13. The van der Waals surface area contributed by atoms with E-state index >= 15 is 0 Å². The van der Waals surface area contributed by atoms with Crippen LogP contribution in [0.25, 0.3) is 21.9 Å². The van der Waals surface area contributed by atoms with E-state index in [0.29, 0.717) is 10.5 Å². The van der Waals surface area contributed by atoms with Crippen molar-refractivity contribution in [2.75, 3.05) is 5.32 Å². The van der Waals surface area contributed by atoms with Crippen molar-refractivity contribution in [2.45, 2.75) is 0 Å². The van der Waals surface area contributed by atoms with Gasteiger partial charge in [-0.05, 0) is 23.1 Å². The molecule has 0 saturated heterocycles. The second-order valence-electron chi connectivity index (χ2n) is 5.96. The molecule has 0 saturated carbocycles. The predicted octanol–water partition coefficient (Wildman–Crippen LogP) is 4.34. The highest BCUT2D eigenvalue weighted by Crippen LogP contribution is 2.31. The molecule has 0 radical (unpaired) electrons. The van der Waals surface area contributed by atoms with Crippen molar-refractivity contribution in [1.29, 1.82) is 0 Å². The quantitative estimate of drug-likeness (QED) is 0.311. The molecule has 9 heteroatoms. The molecule has 0 spiro atoms. The van der Waals surface area contributed by atoms with E-state index < -0.39 is 4.92 Å². The second-order valence-corrected chi connectivity index (χ2v) is 6.40. The van der Waals surface area contributed by atoms with Crippen molar-refractivity contribution in [3.05, 3.63) is 69.7 Å². The number of rotatable bonds is 4. The minimum Gasteiger partial charge on any atom is -0.327 e. The molecule has 0 fully saturated rings. The summed E-state index contributed by atoms with van der Waals surface area (Å²) in [4.78, 5) is 18.0. The third kappa shape index (κ3) is 3.27. The topological polar surface area (TPSA) is 102 Å². The van der Waals surface area contributed by atoms with Gasteiger partial charge in [0.25, 0.3) is 0 Å². The highest BCUT2D eigenvalue weighted by Gasteiger charge is 2.15. The number of H-pyrrole nitrogens is 1. The van der Waals surface area contributed by atoms with Crippen molar-refractivity contribution in [3.63, 3.8) is 0 Å². The molecule has 4 rings (SSSR count). The Balaban J connectivity index is 1.82. The van der Waals surface area contributed by atoms with Gasteiger partial charge in [-0.2, -0.15) is 5.10 Å². The van der Waals surface area contributed by atoms with E-state index in [9.17, 15) is 10.1 Å². The molecule has 8 nitrogen and oxygen atoms in total. The lowest BCUT2D eigenvalue weighted by atomic mass is 10.0. The van der Waals surface area contributed by atoms with Gasteiger partial charge in [-0.25, -0.2) is 4.98 Å². The van der Waals surface area contributed by atoms with Crippen molar-refractivity contribution in [2.24, 2.45) is 7.05 Å². The lowest BCUT2D eigenvalue weighted by Gasteiger charge is -2.09. The Morgan fingerprint density at radius 3 is 2.85 bits per heavy atom. The van der Waals surface area contributed by atoms with Crippen molar-refractivity contribution < 1.29 is 4.92 Å². The molecule has 0 aliphatic rings. The maximum atomic E-state index is 11.3. The Bertz CT molecular complexity index is 1230. The molecule has 0 aliphatic heterocycles. The number of benzene rings is 1. The van der Waals surface area contributed by atoms with Crippen LogP contribution in [0.2, 0.25) is 0 Å². The van der Waals surface area contributed by atoms with Crippen LogP contribution >= 0.6 is 12.2 Å². The molecule has 2 N–H and O–H groups in total. The summed E-state index contributed by atoms with van der Waals surface area (Å²) in [6.45, 7) is 0. The SMILES string of the molecule is Cn1cc(-c2cccc3cnc(Nc4[nH]c(=S)ccc4[N+](=O)[O-])cc23)cn1. The molecule has 0 unspecified atom stereocenters. The first-order chi connectivity index (χ1) is 13.0. The van der Waals surface area contributed by atoms with Gasteiger partial charge in [0.2, 0.25) is 0 Å². The molecule has 27 heavy (non-hydrogen) atoms. The van der Waals surface area contributed by atoms with Crippen LogP contribution in [0.4, 0.5) is 17.3 Å². The zero-order valence-electron chi connectivity index (χ0n) is 14.2. The average molecular weight is 378 g/mol. The number of hydrogen-bond donors (Lipinski definition) is 2. The van der Waals surface area contributed by atoms with E-state index in [1.807, 2.05) is 37.5 Å². The van der Waals surface area contributed by atoms with Gasteiger partial charge in [0.1, 0.15) is 10.5 Å². The standard InChI is InChI=1S/C18H14N6O2S/c1-23-10-12(9-20-23)13-4-2-3-11-8-19-16(7-14(11)13)21-18-15(24(25)26)5-6-17(27)22-18/h2-10H,1H3,(H2,19,21,22,27). The number of nitrogens with one attached hydrogen (secondary N) is 2. The Labute approximate surface area is 158 Å². The predicted molar refractivity (Wildman–Crippen MR) is 106 cm³/mol. The number of aryl methyl sites for hydroxylation is 1. The fraction of sp³-hybridized carbons (Fsp3) is 0.0556. The first-order valence-corrected chi connectivity index (χ1v) is 8.44. The zero-order chi connectivity index (χ0) is 19.0. The monoisotopic (exact) mass is 378 g/mol. The molecule has 0 amide bonds. The zero-order valence-corrected chi connectivity index (χ0v) is 15.0. The fourth-order valence-corrected chi connectivity index (χ4v) is 3.06. The van der Waals surface area contributed by atoms with E-state index in [-0.39, 0.29) is 11.5 Å². The van der Waals surface area contributed by atoms with Gasteiger partial charge in [-0.1, -0.05) is 30.4 Å². The van der Waals surface area contributed by atoms with Gasteiger partial charge in [0, 0.05) is 36.5 Å².